The van der Waals surface area contributed by atoms with Crippen LogP contribution >= 0.6 is 0 Å². The Labute approximate surface area is 134 Å². The van der Waals surface area contributed by atoms with Crippen LogP contribution in [0.5, 0.6) is 0 Å². The molecule has 0 aromatic rings. The Bertz CT molecular complexity index is 432. The molecule has 22 heavy (non-hydrogen) atoms. The van der Waals surface area contributed by atoms with Crippen LogP contribution in [0.25, 0.3) is 0 Å². The zero-order valence-corrected chi connectivity index (χ0v) is 14.5. The number of hydrogen-bond donors (Lipinski definition) is 1. The van der Waals surface area contributed by atoms with Gasteiger partial charge in [-0.05, 0) is 52.1 Å². The topological polar surface area (TPSA) is 43.8 Å². The molecule has 1 amide bonds. The lowest BCUT2D eigenvalue weighted by Crippen LogP contribution is -2.63. The maximum absolute atomic E-state index is 13.4. The van der Waals surface area contributed by atoms with E-state index in [0.29, 0.717) is 25.4 Å². The summed E-state index contributed by atoms with van der Waals surface area (Å²) in [5, 5.41) is 10.6. The van der Waals surface area contributed by atoms with Crippen LogP contribution < -0.4 is 0 Å². The molecule has 4 nitrogen and oxygen atoms in total. The van der Waals surface area contributed by atoms with Gasteiger partial charge in [-0.2, -0.15) is 0 Å². The monoisotopic (exact) mass is 308 g/mol. The van der Waals surface area contributed by atoms with Crippen LogP contribution in [0, 0.1) is 5.41 Å². The molecule has 0 spiro atoms. The minimum absolute atomic E-state index is 0.226. The summed E-state index contributed by atoms with van der Waals surface area (Å²) in [6, 6.07) is 0. The van der Waals surface area contributed by atoms with Crippen molar-refractivity contribution in [2.24, 2.45) is 5.41 Å². The van der Waals surface area contributed by atoms with E-state index < -0.39 is 5.60 Å². The lowest BCUT2D eigenvalue weighted by molar-refractivity contribution is -0.158. The number of amides is 1. The molecule has 3 aliphatic rings. The Morgan fingerprint density at radius 2 is 1.50 bits per heavy atom. The second-order valence-electron chi connectivity index (χ2n) is 8.57. The molecule has 2 aliphatic heterocycles. The van der Waals surface area contributed by atoms with Crippen LogP contribution in [0.1, 0.15) is 65.7 Å². The molecule has 1 saturated carbocycles. The second kappa shape index (κ2) is 5.48. The highest BCUT2D eigenvalue weighted by Crippen LogP contribution is 2.43. The third kappa shape index (κ3) is 2.48. The van der Waals surface area contributed by atoms with Crippen molar-refractivity contribution in [3.8, 4) is 0 Å². The molecule has 4 heteroatoms. The largest absolute Gasteiger partial charge is 0.389 e. The predicted octanol–water partition coefficient (Wildman–Crippen LogP) is 2.40. The van der Waals surface area contributed by atoms with Gasteiger partial charge in [-0.1, -0.05) is 26.7 Å². The molecule has 3 rings (SSSR count). The van der Waals surface area contributed by atoms with Crippen molar-refractivity contribution in [3.05, 3.63) is 0 Å². The summed E-state index contributed by atoms with van der Waals surface area (Å²) in [4.78, 5) is 17.9. The lowest BCUT2D eigenvalue weighted by atomic mass is 9.71. The van der Waals surface area contributed by atoms with E-state index in [1.807, 2.05) is 6.92 Å². The zero-order chi connectivity index (χ0) is 16.0. The molecule has 2 saturated heterocycles. The molecular weight excluding hydrogens is 276 g/mol. The fraction of sp³-hybridized carbons (Fsp3) is 0.944. The van der Waals surface area contributed by atoms with E-state index in [9.17, 15) is 9.90 Å². The van der Waals surface area contributed by atoms with E-state index in [4.69, 9.17) is 0 Å². The van der Waals surface area contributed by atoms with Gasteiger partial charge >= 0.3 is 0 Å². The second-order valence-corrected chi connectivity index (χ2v) is 8.57. The summed E-state index contributed by atoms with van der Waals surface area (Å²) in [5.41, 5.74) is -1.15. The standard InChI is InChI=1S/C18H32N2O2/c1-16(2)14-19(13-10-17(16,3)22)15(21)18(8-4-5-9-18)20-11-6-7-12-20/h22H,4-14H2,1-3H3/t17-/m0/s1. The highest BCUT2D eigenvalue weighted by molar-refractivity contribution is 5.87. The Kier molecular flexibility index (Phi) is 4.05. The predicted molar refractivity (Wildman–Crippen MR) is 87.6 cm³/mol. The van der Waals surface area contributed by atoms with E-state index in [-0.39, 0.29) is 11.0 Å². The van der Waals surface area contributed by atoms with Crippen LogP contribution in [0.2, 0.25) is 0 Å². The van der Waals surface area contributed by atoms with E-state index in [0.717, 1.165) is 25.9 Å². The Hall–Kier alpha value is -0.610. The maximum atomic E-state index is 13.4. The van der Waals surface area contributed by atoms with Crippen LogP contribution in [-0.2, 0) is 4.79 Å². The Morgan fingerprint density at radius 3 is 2.05 bits per heavy atom. The summed E-state index contributed by atoms with van der Waals surface area (Å²) in [5.74, 6) is 0.343. The van der Waals surface area contributed by atoms with Crippen molar-refractivity contribution >= 4 is 5.91 Å². The first-order chi connectivity index (χ1) is 10.3. The normalized spacial score (nSPS) is 35.0. The van der Waals surface area contributed by atoms with E-state index >= 15 is 0 Å². The summed E-state index contributed by atoms with van der Waals surface area (Å²) in [7, 11) is 0. The quantitative estimate of drug-likeness (QED) is 0.852. The van der Waals surface area contributed by atoms with Crippen molar-refractivity contribution in [3.63, 3.8) is 0 Å². The minimum Gasteiger partial charge on any atom is -0.389 e. The molecule has 1 atom stereocenters. The van der Waals surface area contributed by atoms with Gasteiger partial charge in [0.1, 0.15) is 5.54 Å². The molecule has 0 bridgehead atoms. The van der Waals surface area contributed by atoms with Gasteiger partial charge in [0.2, 0.25) is 5.91 Å². The number of aliphatic hydroxyl groups is 1. The highest BCUT2D eigenvalue weighted by atomic mass is 16.3. The number of nitrogens with zero attached hydrogens (tertiary/aromatic N) is 2. The molecule has 0 unspecified atom stereocenters. The van der Waals surface area contributed by atoms with Crippen molar-refractivity contribution in [2.75, 3.05) is 26.2 Å². The van der Waals surface area contributed by atoms with Crippen molar-refractivity contribution in [1.82, 2.24) is 9.80 Å². The van der Waals surface area contributed by atoms with Crippen LogP contribution in [-0.4, -0.2) is 58.1 Å². The molecular formula is C18H32N2O2. The average molecular weight is 308 g/mol. The Balaban J connectivity index is 1.80. The highest BCUT2D eigenvalue weighted by Gasteiger charge is 2.52. The van der Waals surface area contributed by atoms with Crippen molar-refractivity contribution in [2.45, 2.75) is 76.9 Å². The third-order valence-electron chi connectivity index (χ3n) is 6.74. The molecule has 0 aromatic carbocycles. The van der Waals surface area contributed by atoms with Gasteiger partial charge in [0, 0.05) is 18.5 Å². The number of carbonyl (C=O) groups is 1. The van der Waals surface area contributed by atoms with E-state index in [2.05, 4.69) is 23.6 Å². The summed E-state index contributed by atoms with van der Waals surface area (Å²) < 4.78 is 0. The molecule has 1 aliphatic carbocycles. The molecule has 3 fully saturated rings. The van der Waals surface area contributed by atoms with E-state index in [1.54, 1.807) is 0 Å². The van der Waals surface area contributed by atoms with Crippen molar-refractivity contribution in [1.29, 1.82) is 0 Å². The van der Waals surface area contributed by atoms with Gasteiger partial charge in [0.25, 0.3) is 0 Å². The van der Waals surface area contributed by atoms with Crippen LogP contribution in [0.3, 0.4) is 0 Å². The van der Waals surface area contributed by atoms with Gasteiger partial charge in [-0.15, -0.1) is 0 Å². The molecule has 2 heterocycles. The van der Waals surface area contributed by atoms with Crippen molar-refractivity contribution < 1.29 is 9.90 Å². The number of piperidine rings is 1. The van der Waals surface area contributed by atoms with Gasteiger partial charge < -0.3 is 10.0 Å². The molecule has 126 valence electrons. The van der Waals surface area contributed by atoms with Gasteiger partial charge in [0.05, 0.1) is 5.60 Å². The molecule has 0 radical (unpaired) electrons. The SMILES string of the molecule is CC1(C)CN(C(=O)C2(N3CCCC3)CCCC2)CC[C@]1(C)O. The van der Waals surface area contributed by atoms with Gasteiger partial charge in [-0.25, -0.2) is 0 Å². The molecule has 0 aromatic heterocycles. The van der Waals surface area contributed by atoms with Crippen LogP contribution in [0.15, 0.2) is 0 Å². The number of likely N-dealkylation sites (tertiary alicyclic amines) is 2. The first-order valence-corrected chi connectivity index (χ1v) is 9.05. The van der Waals surface area contributed by atoms with Gasteiger partial charge in [-0.3, -0.25) is 9.69 Å². The third-order valence-corrected chi connectivity index (χ3v) is 6.74. The summed E-state index contributed by atoms with van der Waals surface area (Å²) in [6.07, 6.45) is 7.55. The van der Waals surface area contributed by atoms with Crippen LogP contribution in [0.4, 0.5) is 0 Å². The summed E-state index contributed by atoms with van der Waals surface area (Å²) in [6.45, 7) is 9.63. The fourth-order valence-electron chi connectivity index (χ4n) is 4.66. The first kappa shape index (κ1) is 16.3. The Morgan fingerprint density at radius 1 is 0.909 bits per heavy atom. The lowest BCUT2D eigenvalue weighted by Gasteiger charge is -2.51. The molecule has 1 N–H and O–H groups in total. The minimum atomic E-state index is -0.680. The first-order valence-electron chi connectivity index (χ1n) is 9.05. The fourth-order valence-corrected chi connectivity index (χ4v) is 4.66. The number of carbonyl (C=O) groups excluding carboxylic acids is 1. The van der Waals surface area contributed by atoms with E-state index in [1.165, 1.54) is 25.7 Å². The maximum Gasteiger partial charge on any atom is 0.243 e. The van der Waals surface area contributed by atoms with Gasteiger partial charge in [0.15, 0.2) is 0 Å². The number of rotatable bonds is 2. The zero-order valence-electron chi connectivity index (χ0n) is 14.5. The number of hydrogen-bond acceptors (Lipinski definition) is 3. The summed E-state index contributed by atoms with van der Waals surface area (Å²) >= 11 is 0. The average Bonchev–Trinajstić information content (AvgIpc) is 3.11. The smallest absolute Gasteiger partial charge is 0.243 e.